The zero-order valence-corrected chi connectivity index (χ0v) is 11.8. The van der Waals surface area contributed by atoms with Crippen LogP contribution in [0.2, 0.25) is 0 Å². The topological polar surface area (TPSA) is 75.4 Å². The summed E-state index contributed by atoms with van der Waals surface area (Å²) in [6.45, 7) is 0. The predicted molar refractivity (Wildman–Crippen MR) is 72.9 cm³/mol. The summed E-state index contributed by atoms with van der Waals surface area (Å²) >= 11 is 3.06. The number of hydrogen-bond acceptors (Lipinski definition) is 4. The van der Waals surface area contributed by atoms with Crippen LogP contribution in [0.15, 0.2) is 16.6 Å². The largest absolute Gasteiger partial charge is 0.397 e. The molecule has 0 spiro atoms. The number of piperidine rings is 1. The molecule has 102 valence electrons. The molecular formula is C12H13BrFN3O2. The van der Waals surface area contributed by atoms with Gasteiger partial charge in [0.2, 0.25) is 5.91 Å². The van der Waals surface area contributed by atoms with Crippen LogP contribution in [0.25, 0.3) is 0 Å². The summed E-state index contributed by atoms with van der Waals surface area (Å²) in [7, 11) is 1.45. The molecule has 0 saturated carbocycles. The molecule has 1 aliphatic rings. The molecule has 0 bridgehead atoms. The summed E-state index contributed by atoms with van der Waals surface area (Å²) in [6, 6.07) is 2.13. The first-order chi connectivity index (χ1) is 8.90. The molecule has 1 aliphatic heterocycles. The predicted octanol–water partition coefficient (Wildman–Crippen LogP) is 1.73. The molecule has 0 radical (unpaired) electrons. The fourth-order valence-electron chi connectivity index (χ4n) is 1.92. The molecule has 1 unspecified atom stereocenters. The van der Waals surface area contributed by atoms with Crippen molar-refractivity contribution in [2.45, 2.75) is 18.9 Å². The summed E-state index contributed by atoms with van der Waals surface area (Å²) in [5.41, 5.74) is 6.38. The van der Waals surface area contributed by atoms with E-state index in [0.29, 0.717) is 18.5 Å². The van der Waals surface area contributed by atoms with Crippen molar-refractivity contribution < 1.29 is 14.0 Å². The summed E-state index contributed by atoms with van der Waals surface area (Å²) in [5.74, 6) is -0.974. The fraction of sp³-hybridized carbons (Fsp3) is 0.333. The number of imide groups is 1. The zero-order chi connectivity index (χ0) is 14.2. The van der Waals surface area contributed by atoms with E-state index in [1.54, 1.807) is 0 Å². The Morgan fingerprint density at radius 3 is 2.84 bits per heavy atom. The van der Waals surface area contributed by atoms with Crippen LogP contribution < -0.4 is 11.1 Å². The number of hydrogen-bond donors (Lipinski definition) is 2. The molecule has 5 nitrogen and oxygen atoms in total. The Hall–Kier alpha value is -1.63. The minimum absolute atomic E-state index is 0.198. The van der Waals surface area contributed by atoms with Crippen molar-refractivity contribution in [1.29, 1.82) is 0 Å². The number of nitrogens with two attached hydrogens (primary N) is 1. The molecule has 2 rings (SSSR count). The Balaban J connectivity index is 2.20. The van der Waals surface area contributed by atoms with E-state index in [2.05, 4.69) is 21.2 Å². The lowest BCUT2D eigenvalue weighted by Crippen LogP contribution is -2.48. The maximum atomic E-state index is 13.3. The number of halogens is 2. The van der Waals surface area contributed by atoms with Gasteiger partial charge in [0, 0.05) is 19.5 Å². The SMILES string of the molecule is CN1C(=O)CCC(Nc2cc(Br)c(F)cc2N)C1=O. The van der Waals surface area contributed by atoms with Crippen LogP contribution >= 0.6 is 15.9 Å². The highest BCUT2D eigenvalue weighted by Crippen LogP contribution is 2.28. The number of nitrogens with one attached hydrogen (secondary N) is 1. The van der Waals surface area contributed by atoms with E-state index in [4.69, 9.17) is 5.73 Å². The van der Waals surface area contributed by atoms with Crippen LogP contribution in [-0.2, 0) is 9.59 Å². The number of carbonyl (C=O) groups excluding carboxylic acids is 2. The number of rotatable bonds is 2. The number of benzene rings is 1. The molecule has 1 atom stereocenters. The van der Waals surface area contributed by atoms with E-state index in [9.17, 15) is 14.0 Å². The van der Waals surface area contributed by atoms with Crippen molar-refractivity contribution in [3.63, 3.8) is 0 Å². The molecule has 3 N–H and O–H groups in total. The Morgan fingerprint density at radius 2 is 2.16 bits per heavy atom. The van der Waals surface area contributed by atoms with Crippen LogP contribution in [-0.4, -0.2) is 29.8 Å². The quantitative estimate of drug-likeness (QED) is 0.640. The maximum absolute atomic E-state index is 13.3. The molecule has 7 heteroatoms. The van der Waals surface area contributed by atoms with Crippen molar-refractivity contribution in [1.82, 2.24) is 4.90 Å². The van der Waals surface area contributed by atoms with Crippen molar-refractivity contribution >= 4 is 39.1 Å². The van der Waals surface area contributed by atoms with Crippen LogP contribution in [0.4, 0.5) is 15.8 Å². The lowest BCUT2D eigenvalue weighted by molar-refractivity contribution is -0.146. The average Bonchev–Trinajstić information content (AvgIpc) is 2.36. The molecule has 19 heavy (non-hydrogen) atoms. The lowest BCUT2D eigenvalue weighted by Gasteiger charge is -2.29. The Labute approximate surface area is 118 Å². The van der Waals surface area contributed by atoms with Gasteiger partial charge in [-0.05, 0) is 28.4 Å². The van der Waals surface area contributed by atoms with E-state index in [1.807, 2.05) is 0 Å². The summed E-state index contributed by atoms with van der Waals surface area (Å²) in [6.07, 6.45) is 0.693. The van der Waals surface area contributed by atoms with Crippen molar-refractivity contribution in [3.05, 3.63) is 22.4 Å². The normalized spacial score (nSPS) is 19.7. The first-order valence-corrected chi connectivity index (χ1v) is 6.51. The minimum Gasteiger partial charge on any atom is -0.397 e. The fourth-order valence-corrected chi connectivity index (χ4v) is 2.27. The lowest BCUT2D eigenvalue weighted by atomic mass is 10.0. The minimum atomic E-state index is -0.526. The van der Waals surface area contributed by atoms with Crippen molar-refractivity contribution in [2.75, 3.05) is 18.1 Å². The second kappa shape index (κ2) is 5.16. The number of likely N-dealkylation sites (N-methyl/N-ethyl adjacent to an activating group) is 1. The van der Waals surface area contributed by atoms with E-state index in [0.717, 1.165) is 4.90 Å². The Bertz CT molecular complexity index is 550. The number of amides is 2. The molecule has 1 heterocycles. The third-order valence-electron chi connectivity index (χ3n) is 3.07. The standard InChI is InChI=1S/C12H13BrFN3O2/c1-17-11(18)3-2-9(12(17)19)16-10-4-6(13)7(14)5-8(10)15/h4-5,9,16H,2-3,15H2,1H3. The molecule has 1 fully saturated rings. The van der Waals surface area contributed by atoms with Gasteiger partial charge in [0.1, 0.15) is 11.9 Å². The van der Waals surface area contributed by atoms with Gasteiger partial charge in [0.15, 0.2) is 0 Å². The summed E-state index contributed by atoms with van der Waals surface area (Å²) in [5, 5.41) is 2.95. The zero-order valence-electron chi connectivity index (χ0n) is 10.2. The Kier molecular flexibility index (Phi) is 3.75. The molecule has 0 aromatic heterocycles. The van der Waals surface area contributed by atoms with E-state index in [-0.39, 0.29) is 22.0 Å². The second-order valence-electron chi connectivity index (χ2n) is 4.38. The van der Waals surface area contributed by atoms with Crippen LogP contribution in [0, 0.1) is 5.82 Å². The van der Waals surface area contributed by atoms with E-state index >= 15 is 0 Å². The van der Waals surface area contributed by atoms with Crippen molar-refractivity contribution in [3.8, 4) is 0 Å². The van der Waals surface area contributed by atoms with Crippen molar-refractivity contribution in [2.24, 2.45) is 0 Å². The number of nitrogens with zero attached hydrogens (tertiary/aromatic N) is 1. The number of likely N-dealkylation sites (tertiary alicyclic amines) is 1. The van der Waals surface area contributed by atoms with Gasteiger partial charge in [0.05, 0.1) is 15.8 Å². The number of anilines is 2. The van der Waals surface area contributed by atoms with E-state index in [1.165, 1.54) is 19.2 Å². The first kappa shape index (κ1) is 13.8. The van der Waals surface area contributed by atoms with Crippen LogP contribution in [0.3, 0.4) is 0 Å². The summed E-state index contributed by atoms with van der Waals surface area (Å²) < 4.78 is 13.5. The smallest absolute Gasteiger partial charge is 0.251 e. The molecule has 1 saturated heterocycles. The van der Waals surface area contributed by atoms with Crippen LogP contribution in [0.5, 0.6) is 0 Å². The van der Waals surface area contributed by atoms with E-state index < -0.39 is 11.9 Å². The van der Waals surface area contributed by atoms with Gasteiger partial charge in [-0.25, -0.2) is 4.39 Å². The molecular weight excluding hydrogens is 317 g/mol. The maximum Gasteiger partial charge on any atom is 0.251 e. The van der Waals surface area contributed by atoms with Gasteiger partial charge >= 0.3 is 0 Å². The van der Waals surface area contributed by atoms with Gasteiger partial charge in [-0.2, -0.15) is 0 Å². The third kappa shape index (κ3) is 2.70. The van der Waals surface area contributed by atoms with Gasteiger partial charge in [0.25, 0.3) is 5.91 Å². The first-order valence-electron chi connectivity index (χ1n) is 5.71. The molecule has 1 aromatic carbocycles. The highest BCUT2D eigenvalue weighted by atomic mass is 79.9. The third-order valence-corrected chi connectivity index (χ3v) is 3.68. The summed E-state index contributed by atoms with van der Waals surface area (Å²) in [4.78, 5) is 24.4. The van der Waals surface area contributed by atoms with Gasteiger partial charge in [-0.3, -0.25) is 14.5 Å². The molecule has 1 aromatic rings. The van der Waals surface area contributed by atoms with Gasteiger partial charge in [-0.1, -0.05) is 0 Å². The highest BCUT2D eigenvalue weighted by Gasteiger charge is 2.31. The average molecular weight is 330 g/mol. The Morgan fingerprint density at radius 1 is 1.47 bits per heavy atom. The highest BCUT2D eigenvalue weighted by molar-refractivity contribution is 9.10. The number of nitrogen functional groups attached to an aromatic ring is 1. The van der Waals surface area contributed by atoms with Gasteiger partial charge < -0.3 is 11.1 Å². The second-order valence-corrected chi connectivity index (χ2v) is 5.23. The molecule has 0 aliphatic carbocycles. The number of carbonyl (C=O) groups is 2. The van der Waals surface area contributed by atoms with Crippen LogP contribution in [0.1, 0.15) is 12.8 Å². The monoisotopic (exact) mass is 329 g/mol. The van der Waals surface area contributed by atoms with Gasteiger partial charge in [-0.15, -0.1) is 0 Å². The molecule has 2 amide bonds.